The Bertz CT molecular complexity index is 611. The van der Waals surface area contributed by atoms with Crippen molar-refractivity contribution in [2.45, 2.75) is 19.4 Å². The van der Waals surface area contributed by atoms with Crippen LogP contribution < -0.4 is 4.74 Å². The van der Waals surface area contributed by atoms with Gasteiger partial charge >= 0.3 is 0 Å². The monoisotopic (exact) mass is 278 g/mol. The molecule has 0 saturated carbocycles. The standard InChI is InChI=1S/C16H16F2O2/c1-10-3-5-13(16(7-10)20-2)15(19)9-11-8-12(17)4-6-14(11)18/h3-8,15,19H,9H2,1-2H3. The molecular weight excluding hydrogens is 262 g/mol. The number of benzene rings is 2. The molecule has 0 aliphatic heterocycles. The third-order valence-electron chi connectivity index (χ3n) is 3.17. The molecule has 20 heavy (non-hydrogen) atoms. The zero-order chi connectivity index (χ0) is 14.7. The Balaban J connectivity index is 2.28. The van der Waals surface area contributed by atoms with Gasteiger partial charge in [0.15, 0.2) is 0 Å². The van der Waals surface area contributed by atoms with Crippen LogP contribution in [0.4, 0.5) is 8.78 Å². The number of rotatable bonds is 4. The van der Waals surface area contributed by atoms with Gasteiger partial charge in [-0.1, -0.05) is 12.1 Å². The second-order valence-electron chi connectivity index (χ2n) is 4.70. The predicted molar refractivity (Wildman–Crippen MR) is 72.8 cm³/mol. The molecule has 0 heterocycles. The predicted octanol–water partition coefficient (Wildman–Crippen LogP) is 3.56. The van der Waals surface area contributed by atoms with E-state index in [-0.39, 0.29) is 12.0 Å². The minimum absolute atomic E-state index is 0.0109. The van der Waals surface area contributed by atoms with E-state index in [1.807, 2.05) is 13.0 Å². The lowest BCUT2D eigenvalue weighted by molar-refractivity contribution is 0.172. The zero-order valence-corrected chi connectivity index (χ0v) is 11.4. The Morgan fingerprint density at radius 1 is 1.15 bits per heavy atom. The van der Waals surface area contributed by atoms with E-state index in [1.165, 1.54) is 7.11 Å². The van der Waals surface area contributed by atoms with Gasteiger partial charge in [-0.15, -0.1) is 0 Å². The third kappa shape index (κ3) is 3.14. The number of halogens is 2. The summed E-state index contributed by atoms with van der Waals surface area (Å²) in [5.74, 6) is -0.518. The molecule has 2 aromatic rings. The van der Waals surface area contributed by atoms with Crippen LogP contribution in [0.25, 0.3) is 0 Å². The summed E-state index contributed by atoms with van der Waals surface area (Å²) in [4.78, 5) is 0. The first-order valence-electron chi connectivity index (χ1n) is 6.28. The second-order valence-corrected chi connectivity index (χ2v) is 4.70. The maximum absolute atomic E-state index is 13.6. The summed E-state index contributed by atoms with van der Waals surface area (Å²) in [6.07, 6.45) is -0.968. The summed E-state index contributed by atoms with van der Waals surface area (Å²) in [6.45, 7) is 1.91. The highest BCUT2D eigenvalue weighted by molar-refractivity contribution is 5.39. The first-order valence-corrected chi connectivity index (χ1v) is 6.28. The molecule has 1 unspecified atom stereocenters. The zero-order valence-electron chi connectivity index (χ0n) is 11.4. The molecular formula is C16H16F2O2. The van der Waals surface area contributed by atoms with Crippen LogP contribution >= 0.6 is 0 Å². The van der Waals surface area contributed by atoms with Crippen LogP contribution in [0.1, 0.15) is 22.8 Å². The molecule has 1 N–H and O–H groups in total. The van der Waals surface area contributed by atoms with Crippen molar-refractivity contribution >= 4 is 0 Å². The molecule has 4 heteroatoms. The van der Waals surface area contributed by atoms with Gasteiger partial charge in [0.05, 0.1) is 13.2 Å². The number of aliphatic hydroxyl groups is 1. The van der Waals surface area contributed by atoms with Gasteiger partial charge in [-0.25, -0.2) is 8.78 Å². The Kier molecular flexibility index (Phi) is 4.35. The summed E-state index contributed by atoms with van der Waals surface area (Å²) in [6, 6.07) is 8.57. The number of hydrogen-bond donors (Lipinski definition) is 1. The van der Waals surface area contributed by atoms with Gasteiger partial charge in [0.1, 0.15) is 17.4 Å². The fraction of sp³-hybridized carbons (Fsp3) is 0.250. The van der Waals surface area contributed by atoms with Gasteiger partial charge < -0.3 is 9.84 Å². The highest BCUT2D eigenvalue weighted by atomic mass is 19.1. The SMILES string of the molecule is COc1cc(C)ccc1C(O)Cc1cc(F)ccc1F. The molecule has 1 atom stereocenters. The molecule has 0 saturated heterocycles. The van der Waals surface area contributed by atoms with Gasteiger partial charge in [-0.2, -0.15) is 0 Å². The largest absolute Gasteiger partial charge is 0.496 e. The lowest BCUT2D eigenvalue weighted by Gasteiger charge is -2.16. The molecule has 0 aliphatic carbocycles. The van der Waals surface area contributed by atoms with Gasteiger partial charge in [0.25, 0.3) is 0 Å². The van der Waals surface area contributed by atoms with Gasteiger partial charge in [-0.05, 0) is 42.3 Å². The van der Waals surface area contributed by atoms with Crippen LogP contribution in [0.15, 0.2) is 36.4 Å². The average Bonchev–Trinajstić information content (AvgIpc) is 2.42. The van der Waals surface area contributed by atoms with E-state index in [0.29, 0.717) is 11.3 Å². The van der Waals surface area contributed by atoms with Crippen molar-refractivity contribution in [1.82, 2.24) is 0 Å². The Morgan fingerprint density at radius 3 is 2.60 bits per heavy atom. The smallest absolute Gasteiger partial charge is 0.126 e. The molecule has 0 fully saturated rings. The topological polar surface area (TPSA) is 29.5 Å². The minimum atomic E-state index is -0.957. The fourth-order valence-corrected chi connectivity index (χ4v) is 2.11. The van der Waals surface area contributed by atoms with Crippen LogP contribution in [0.5, 0.6) is 5.75 Å². The summed E-state index contributed by atoms with van der Waals surface area (Å²) < 4.78 is 31.9. The number of aliphatic hydroxyl groups excluding tert-OH is 1. The van der Waals surface area contributed by atoms with Gasteiger partial charge in [0, 0.05) is 12.0 Å². The van der Waals surface area contributed by atoms with E-state index in [0.717, 1.165) is 23.8 Å². The Morgan fingerprint density at radius 2 is 1.90 bits per heavy atom. The van der Waals surface area contributed by atoms with E-state index >= 15 is 0 Å². The fourth-order valence-electron chi connectivity index (χ4n) is 2.11. The van der Waals surface area contributed by atoms with Crippen LogP contribution in [0.3, 0.4) is 0 Å². The van der Waals surface area contributed by atoms with E-state index in [4.69, 9.17) is 4.74 Å². The number of methoxy groups -OCH3 is 1. The van der Waals surface area contributed by atoms with Crippen molar-refractivity contribution in [3.63, 3.8) is 0 Å². The lowest BCUT2D eigenvalue weighted by Crippen LogP contribution is -2.06. The van der Waals surface area contributed by atoms with Crippen molar-refractivity contribution in [3.05, 3.63) is 64.7 Å². The van der Waals surface area contributed by atoms with Gasteiger partial charge in [-0.3, -0.25) is 0 Å². The van der Waals surface area contributed by atoms with Crippen LogP contribution in [-0.2, 0) is 6.42 Å². The molecule has 0 aromatic heterocycles. The quantitative estimate of drug-likeness (QED) is 0.926. The summed E-state index contributed by atoms with van der Waals surface area (Å²) in [5, 5.41) is 10.2. The van der Waals surface area contributed by atoms with Crippen molar-refractivity contribution in [3.8, 4) is 5.75 Å². The summed E-state index contributed by atoms with van der Waals surface area (Å²) >= 11 is 0. The summed E-state index contributed by atoms with van der Waals surface area (Å²) in [5.41, 5.74) is 1.69. The Labute approximate surface area is 116 Å². The van der Waals surface area contributed by atoms with Gasteiger partial charge in [0.2, 0.25) is 0 Å². The number of hydrogen-bond acceptors (Lipinski definition) is 2. The maximum atomic E-state index is 13.6. The summed E-state index contributed by atoms with van der Waals surface area (Å²) in [7, 11) is 1.51. The highest BCUT2D eigenvalue weighted by Crippen LogP contribution is 2.29. The highest BCUT2D eigenvalue weighted by Gasteiger charge is 2.16. The number of aryl methyl sites for hydroxylation is 1. The van der Waals surface area contributed by atoms with E-state index in [2.05, 4.69) is 0 Å². The normalized spacial score (nSPS) is 12.2. The molecule has 2 nitrogen and oxygen atoms in total. The van der Waals surface area contributed by atoms with Crippen molar-refractivity contribution < 1.29 is 18.6 Å². The van der Waals surface area contributed by atoms with Crippen LogP contribution in [0.2, 0.25) is 0 Å². The van der Waals surface area contributed by atoms with Crippen molar-refractivity contribution in [2.75, 3.05) is 7.11 Å². The Hall–Kier alpha value is -1.94. The lowest BCUT2D eigenvalue weighted by atomic mass is 9.99. The van der Waals surface area contributed by atoms with E-state index in [1.54, 1.807) is 12.1 Å². The molecule has 0 radical (unpaired) electrons. The minimum Gasteiger partial charge on any atom is -0.496 e. The van der Waals surface area contributed by atoms with Crippen LogP contribution in [-0.4, -0.2) is 12.2 Å². The molecule has 2 rings (SSSR count). The molecule has 0 bridgehead atoms. The van der Waals surface area contributed by atoms with Crippen molar-refractivity contribution in [2.24, 2.45) is 0 Å². The average molecular weight is 278 g/mol. The molecule has 0 aliphatic rings. The number of ether oxygens (including phenoxy) is 1. The van der Waals surface area contributed by atoms with Crippen LogP contribution in [0, 0.1) is 18.6 Å². The second kappa shape index (κ2) is 6.01. The molecule has 0 spiro atoms. The van der Waals surface area contributed by atoms with E-state index < -0.39 is 17.7 Å². The first kappa shape index (κ1) is 14.5. The maximum Gasteiger partial charge on any atom is 0.126 e. The third-order valence-corrected chi connectivity index (χ3v) is 3.17. The molecule has 0 amide bonds. The van der Waals surface area contributed by atoms with E-state index in [9.17, 15) is 13.9 Å². The molecule has 2 aromatic carbocycles. The molecule has 106 valence electrons. The van der Waals surface area contributed by atoms with Crippen molar-refractivity contribution in [1.29, 1.82) is 0 Å². The first-order chi connectivity index (χ1) is 9.51.